The summed E-state index contributed by atoms with van der Waals surface area (Å²) < 4.78 is 0. The highest BCUT2D eigenvalue weighted by Gasteiger charge is 2.19. The predicted molar refractivity (Wildman–Crippen MR) is 109 cm³/mol. The van der Waals surface area contributed by atoms with E-state index in [-0.39, 0.29) is 11.9 Å². The Morgan fingerprint density at radius 3 is 2.31 bits per heavy atom. The first-order valence-corrected chi connectivity index (χ1v) is 9.43. The Kier molecular flexibility index (Phi) is 5.72. The van der Waals surface area contributed by atoms with E-state index in [4.69, 9.17) is 0 Å². The van der Waals surface area contributed by atoms with Crippen LogP contribution in [0.25, 0.3) is 10.8 Å². The molecule has 0 aliphatic heterocycles. The van der Waals surface area contributed by atoms with Crippen molar-refractivity contribution < 1.29 is 4.79 Å². The predicted octanol–water partition coefficient (Wildman–Crippen LogP) is 5.46. The highest BCUT2D eigenvalue weighted by atomic mass is 16.1. The Hall–Kier alpha value is -2.61. The summed E-state index contributed by atoms with van der Waals surface area (Å²) >= 11 is 0. The highest BCUT2D eigenvalue weighted by molar-refractivity contribution is 5.90. The molecule has 3 rings (SSSR count). The summed E-state index contributed by atoms with van der Waals surface area (Å²) in [4.78, 5) is 12.8. The summed E-state index contributed by atoms with van der Waals surface area (Å²) in [6, 6.07) is 23.0. The molecule has 2 heteroatoms. The smallest absolute Gasteiger partial charge is 0.224 e. The number of aryl methyl sites for hydroxylation is 1. The molecule has 0 unspecified atom stereocenters. The number of carbonyl (C=O) groups is 1. The molecular weight excluding hydrogens is 318 g/mol. The molecule has 0 bridgehead atoms. The van der Waals surface area contributed by atoms with Gasteiger partial charge in [-0.05, 0) is 39.8 Å². The van der Waals surface area contributed by atoms with Gasteiger partial charge >= 0.3 is 0 Å². The molecule has 1 amide bonds. The van der Waals surface area contributed by atoms with Crippen molar-refractivity contribution in [2.45, 2.75) is 39.7 Å². The number of hydrogen-bond acceptors (Lipinski definition) is 1. The Morgan fingerprint density at radius 1 is 0.923 bits per heavy atom. The number of hydrogen-bond donors (Lipinski definition) is 1. The quantitative estimate of drug-likeness (QED) is 0.631. The number of rotatable bonds is 6. The molecule has 0 aliphatic carbocycles. The van der Waals surface area contributed by atoms with Crippen LogP contribution in [-0.2, 0) is 17.6 Å². The molecule has 0 saturated heterocycles. The van der Waals surface area contributed by atoms with Gasteiger partial charge in [-0.15, -0.1) is 0 Å². The van der Waals surface area contributed by atoms with Crippen LogP contribution in [0, 0.1) is 5.92 Å². The van der Waals surface area contributed by atoms with Gasteiger partial charge in [-0.2, -0.15) is 0 Å². The van der Waals surface area contributed by atoms with E-state index in [1.807, 2.05) is 24.3 Å². The van der Waals surface area contributed by atoms with Gasteiger partial charge < -0.3 is 5.32 Å². The minimum atomic E-state index is 0.0309. The first-order valence-electron chi connectivity index (χ1n) is 9.43. The molecule has 134 valence electrons. The van der Waals surface area contributed by atoms with Crippen LogP contribution in [0.15, 0.2) is 66.7 Å². The van der Waals surface area contributed by atoms with Crippen molar-refractivity contribution in [3.05, 3.63) is 83.4 Å². The van der Waals surface area contributed by atoms with Gasteiger partial charge in [0.1, 0.15) is 0 Å². The van der Waals surface area contributed by atoms with Crippen molar-refractivity contribution in [3.8, 4) is 0 Å². The molecular formula is C24H27NO. The lowest BCUT2D eigenvalue weighted by atomic mass is 9.94. The fourth-order valence-corrected chi connectivity index (χ4v) is 3.44. The zero-order chi connectivity index (χ0) is 18.5. The Bertz CT molecular complexity index is 875. The van der Waals surface area contributed by atoms with Crippen LogP contribution in [0.3, 0.4) is 0 Å². The molecule has 1 N–H and O–H groups in total. The summed E-state index contributed by atoms with van der Waals surface area (Å²) in [5.41, 5.74) is 3.56. The normalized spacial score (nSPS) is 12.3. The van der Waals surface area contributed by atoms with E-state index in [2.05, 4.69) is 68.6 Å². The van der Waals surface area contributed by atoms with Crippen molar-refractivity contribution in [2.24, 2.45) is 5.92 Å². The van der Waals surface area contributed by atoms with E-state index in [0.717, 1.165) is 17.4 Å². The van der Waals surface area contributed by atoms with Gasteiger partial charge in [-0.25, -0.2) is 0 Å². The third-order valence-corrected chi connectivity index (χ3v) is 4.96. The molecule has 0 fully saturated rings. The largest absolute Gasteiger partial charge is 0.349 e. The lowest BCUT2D eigenvalue weighted by molar-refractivity contribution is -0.121. The van der Waals surface area contributed by atoms with E-state index >= 15 is 0 Å². The number of nitrogens with one attached hydrogen (secondary N) is 1. The number of carbonyl (C=O) groups excluding carboxylic acids is 1. The third kappa shape index (κ3) is 4.13. The fraction of sp³-hybridized carbons (Fsp3) is 0.292. The van der Waals surface area contributed by atoms with E-state index in [0.29, 0.717) is 12.3 Å². The van der Waals surface area contributed by atoms with Gasteiger partial charge in [-0.3, -0.25) is 4.79 Å². The topological polar surface area (TPSA) is 29.1 Å². The van der Waals surface area contributed by atoms with Crippen molar-refractivity contribution in [2.75, 3.05) is 0 Å². The second kappa shape index (κ2) is 8.18. The van der Waals surface area contributed by atoms with Gasteiger partial charge in [0, 0.05) is 0 Å². The van der Waals surface area contributed by atoms with Gasteiger partial charge in [0.2, 0.25) is 5.91 Å². The first kappa shape index (κ1) is 18.2. The summed E-state index contributed by atoms with van der Waals surface area (Å²) in [7, 11) is 0. The van der Waals surface area contributed by atoms with Crippen LogP contribution < -0.4 is 5.32 Å². The molecule has 0 radical (unpaired) electrons. The third-order valence-electron chi connectivity index (χ3n) is 4.96. The Balaban J connectivity index is 1.77. The van der Waals surface area contributed by atoms with Crippen molar-refractivity contribution >= 4 is 16.7 Å². The highest BCUT2D eigenvalue weighted by Crippen LogP contribution is 2.23. The van der Waals surface area contributed by atoms with Crippen LogP contribution >= 0.6 is 0 Å². The molecule has 0 heterocycles. The van der Waals surface area contributed by atoms with Crippen LogP contribution in [0.5, 0.6) is 0 Å². The summed E-state index contributed by atoms with van der Waals surface area (Å²) in [6.45, 7) is 6.45. The molecule has 3 aromatic rings. The van der Waals surface area contributed by atoms with E-state index in [1.165, 1.54) is 16.5 Å². The zero-order valence-electron chi connectivity index (χ0n) is 15.8. The second-order valence-electron chi connectivity index (χ2n) is 7.20. The van der Waals surface area contributed by atoms with Crippen LogP contribution in [0.4, 0.5) is 0 Å². The van der Waals surface area contributed by atoms with E-state index in [1.54, 1.807) is 0 Å². The maximum absolute atomic E-state index is 12.8. The average molecular weight is 345 g/mol. The van der Waals surface area contributed by atoms with Gasteiger partial charge in [0.05, 0.1) is 12.5 Å². The standard InChI is InChI=1S/C24H27NO/c1-4-18-12-14-20(15-13-18)24(17(2)3)25-23(26)16-21-10-7-9-19-8-5-6-11-22(19)21/h5-15,17,24H,4,16H2,1-3H3,(H,25,26)/t24-/m1/s1. The maximum atomic E-state index is 12.8. The molecule has 3 aromatic carbocycles. The summed E-state index contributed by atoms with van der Waals surface area (Å²) in [5, 5.41) is 5.57. The lowest BCUT2D eigenvalue weighted by Gasteiger charge is -2.23. The number of amides is 1. The van der Waals surface area contributed by atoms with Crippen LogP contribution in [0.1, 0.15) is 43.5 Å². The van der Waals surface area contributed by atoms with Crippen LogP contribution in [0.2, 0.25) is 0 Å². The summed E-state index contributed by atoms with van der Waals surface area (Å²) in [5.74, 6) is 0.401. The van der Waals surface area contributed by atoms with Crippen LogP contribution in [-0.4, -0.2) is 5.91 Å². The van der Waals surface area contributed by atoms with Crippen molar-refractivity contribution in [1.82, 2.24) is 5.32 Å². The van der Waals surface area contributed by atoms with Gasteiger partial charge in [0.15, 0.2) is 0 Å². The average Bonchev–Trinajstić information content (AvgIpc) is 2.66. The molecule has 2 nitrogen and oxygen atoms in total. The van der Waals surface area contributed by atoms with E-state index < -0.39 is 0 Å². The second-order valence-corrected chi connectivity index (χ2v) is 7.20. The number of benzene rings is 3. The molecule has 1 atom stereocenters. The molecule has 0 aliphatic rings. The molecule has 0 aromatic heterocycles. The lowest BCUT2D eigenvalue weighted by Crippen LogP contribution is -2.32. The molecule has 0 spiro atoms. The maximum Gasteiger partial charge on any atom is 0.224 e. The van der Waals surface area contributed by atoms with Gasteiger partial charge in [0.25, 0.3) is 0 Å². The van der Waals surface area contributed by atoms with E-state index in [9.17, 15) is 4.79 Å². The fourth-order valence-electron chi connectivity index (χ4n) is 3.44. The molecule has 0 saturated carbocycles. The minimum Gasteiger partial charge on any atom is -0.349 e. The summed E-state index contributed by atoms with van der Waals surface area (Å²) in [6.07, 6.45) is 1.43. The Morgan fingerprint density at radius 2 is 1.62 bits per heavy atom. The monoisotopic (exact) mass is 345 g/mol. The van der Waals surface area contributed by atoms with Gasteiger partial charge in [-0.1, -0.05) is 87.5 Å². The zero-order valence-corrected chi connectivity index (χ0v) is 15.8. The Labute approximate surface area is 156 Å². The minimum absolute atomic E-state index is 0.0309. The molecule has 26 heavy (non-hydrogen) atoms. The SMILES string of the molecule is CCc1ccc([C@H](NC(=O)Cc2cccc3ccccc23)C(C)C)cc1. The number of fused-ring (bicyclic) bond motifs is 1. The van der Waals surface area contributed by atoms with Crippen molar-refractivity contribution in [3.63, 3.8) is 0 Å². The first-order chi connectivity index (χ1) is 12.6. The van der Waals surface area contributed by atoms with Crippen molar-refractivity contribution in [1.29, 1.82) is 0 Å².